The van der Waals surface area contributed by atoms with Gasteiger partial charge in [-0.05, 0) is 38.5 Å². The van der Waals surface area contributed by atoms with Crippen molar-refractivity contribution in [1.82, 2.24) is 14.8 Å². The van der Waals surface area contributed by atoms with Crippen LogP contribution in [0.15, 0.2) is 6.20 Å². The lowest BCUT2D eigenvalue weighted by atomic mass is 9.73. The summed E-state index contributed by atoms with van der Waals surface area (Å²) in [7, 11) is 1.64. The second-order valence-corrected chi connectivity index (χ2v) is 8.93. The summed E-state index contributed by atoms with van der Waals surface area (Å²) >= 11 is 0.568. The fraction of sp³-hybridized carbons (Fsp3) is 0.611. The first kappa shape index (κ1) is 19.4. The van der Waals surface area contributed by atoms with E-state index in [0.717, 1.165) is 24.8 Å². The van der Waals surface area contributed by atoms with Crippen molar-refractivity contribution in [2.24, 2.45) is 13.0 Å². The molecule has 28 heavy (non-hydrogen) atoms. The molecule has 152 valence electrons. The molecular formula is C18H20F4N4OS. The van der Waals surface area contributed by atoms with Crippen LogP contribution in [0.2, 0.25) is 0 Å². The lowest BCUT2D eigenvalue weighted by Gasteiger charge is -2.37. The van der Waals surface area contributed by atoms with Crippen LogP contribution in [0.3, 0.4) is 0 Å². The molecule has 2 saturated carbocycles. The fourth-order valence-corrected chi connectivity index (χ4v) is 4.77. The predicted molar refractivity (Wildman–Crippen MR) is 96.8 cm³/mol. The molecule has 2 aliphatic carbocycles. The van der Waals surface area contributed by atoms with Gasteiger partial charge in [0.15, 0.2) is 10.8 Å². The Kier molecular flexibility index (Phi) is 4.52. The van der Waals surface area contributed by atoms with Crippen molar-refractivity contribution in [2.45, 2.75) is 56.8 Å². The van der Waals surface area contributed by atoms with Crippen LogP contribution in [0.5, 0.6) is 0 Å². The van der Waals surface area contributed by atoms with E-state index in [1.807, 2.05) is 0 Å². The molecular weight excluding hydrogens is 396 g/mol. The molecule has 5 nitrogen and oxygen atoms in total. The van der Waals surface area contributed by atoms with Crippen molar-refractivity contribution < 1.29 is 22.4 Å². The number of hydrogen-bond acceptors (Lipinski definition) is 4. The number of nitrogens with one attached hydrogen (secondary N) is 1. The largest absolute Gasteiger partial charge is 0.443 e. The Bertz CT molecular complexity index is 905. The molecule has 0 aromatic carbocycles. The summed E-state index contributed by atoms with van der Waals surface area (Å²) in [6.07, 6.45) is -0.165. The molecule has 2 aromatic heterocycles. The third-order valence-corrected chi connectivity index (χ3v) is 6.58. The van der Waals surface area contributed by atoms with Gasteiger partial charge in [0, 0.05) is 24.7 Å². The Hall–Kier alpha value is -1.97. The molecule has 0 unspecified atom stereocenters. The monoisotopic (exact) mass is 416 g/mol. The molecule has 0 atom stereocenters. The molecule has 0 radical (unpaired) electrons. The number of alkyl halides is 4. The van der Waals surface area contributed by atoms with E-state index in [1.165, 1.54) is 17.8 Å². The van der Waals surface area contributed by atoms with Crippen LogP contribution in [0.1, 0.15) is 55.5 Å². The van der Waals surface area contributed by atoms with Gasteiger partial charge in [0.25, 0.3) is 0 Å². The molecule has 2 aromatic rings. The molecule has 2 aliphatic rings. The maximum atomic E-state index is 13.7. The van der Waals surface area contributed by atoms with Gasteiger partial charge >= 0.3 is 6.18 Å². The van der Waals surface area contributed by atoms with Crippen molar-refractivity contribution >= 4 is 23.1 Å². The number of halogens is 4. The van der Waals surface area contributed by atoms with Gasteiger partial charge in [0.1, 0.15) is 5.67 Å². The minimum Gasteiger partial charge on any atom is -0.309 e. The van der Waals surface area contributed by atoms with Crippen LogP contribution in [-0.2, 0) is 18.0 Å². The zero-order chi connectivity index (χ0) is 20.3. The smallest absolute Gasteiger partial charge is 0.309 e. The molecule has 0 bridgehead atoms. The minimum atomic E-state index is -4.50. The van der Waals surface area contributed by atoms with Crippen molar-refractivity contribution in [1.29, 1.82) is 0 Å². The van der Waals surface area contributed by atoms with Gasteiger partial charge < -0.3 is 5.32 Å². The van der Waals surface area contributed by atoms with Crippen molar-refractivity contribution in [2.75, 3.05) is 5.32 Å². The Balaban J connectivity index is 1.66. The highest BCUT2D eigenvalue weighted by atomic mass is 32.1. The second kappa shape index (κ2) is 6.53. The van der Waals surface area contributed by atoms with Crippen LogP contribution >= 0.6 is 11.3 Å². The van der Waals surface area contributed by atoms with Crippen molar-refractivity contribution in [3.8, 4) is 10.6 Å². The Morgan fingerprint density at radius 2 is 2.04 bits per heavy atom. The highest BCUT2D eigenvalue weighted by molar-refractivity contribution is 7.15. The number of carbonyl (C=O) groups excluding carboxylic acids is 1. The van der Waals surface area contributed by atoms with E-state index in [-0.39, 0.29) is 24.7 Å². The lowest BCUT2D eigenvalue weighted by molar-refractivity contribution is -0.137. The van der Waals surface area contributed by atoms with Crippen molar-refractivity contribution in [3.63, 3.8) is 0 Å². The highest BCUT2D eigenvalue weighted by Gasteiger charge is 2.45. The van der Waals surface area contributed by atoms with E-state index in [1.54, 1.807) is 7.05 Å². The SMILES string of the molecule is Cn1nc(NC(=O)C2CC(C)(F)C2)c(C2CCC2)c1-c1cnc(C(F)(F)F)s1. The zero-order valence-corrected chi connectivity index (χ0v) is 16.3. The number of hydrogen-bond donors (Lipinski definition) is 1. The molecule has 10 heteroatoms. The first-order valence-electron chi connectivity index (χ1n) is 9.15. The number of aryl methyl sites for hydroxylation is 1. The summed E-state index contributed by atoms with van der Waals surface area (Å²) in [5.41, 5.74) is -0.0104. The first-order valence-corrected chi connectivity index (χ1v) is 9.97. The summed E-state index contributed by atoms with van der Waals surface area (Å²) in [6.45, 7) is 1.47. The number of anilines is 1. The van der Waals surface area contributed by atoms with Gasteiger partial charge in [0.05, 0.1) is 10.6 Å². The number of thiazole rings is 1. The average molecular weight is 416 g/mol. The standard InChI is InChI=1S/C18H20F4N4OS/c1-17(19)6-10(7-17)15(27)24-14-12(9-4-3-5-9)13(26(2)25-14)11-8-23-16(28-11)18(20,21)22/h8-10H,3-7H2,1-2H3,(H,24,25,27). The maximum absolute atomic E-state index is 13.7. The summed E-state index contributed by atoms with van der Waals surface area (Å²) in [6, 6.07) is 0. The zero-order valence-electron chi connectivity index (χ0n) is 15.4. The van der Waals surface area contributed by atoms with Gasteiger partial charge in [-0.25, -0.2) is 9.37 Å². The van der Waals surface area contributed by atoms with Crippen LogP contribution in [0.4, 0.5) is 23.4 Å². The Morgan fingerprint density at radius 3 is 2.54 bits per heavy atom. The lowest BCUT2D eigenvalue weighted by Crippen LogP contribution is -2.43. The normalized spacial score (nSPS) is 25.3. The van der Waals surface area contributed by atoms with Crippen molar-refractivity contribution in [3.05, 3.63) is 16.8 Å². The fourth-order valence-electron chi connectivity index (χ4n) is 3.90. The Morgan fingerprint density at radius 1 is 1.36 bits per heavy atom. The number of rotatable bonds is 4. The van der Waals surface area contributed by atoms with E-state index in [2.05, 4.69) is 15.4 Å². The number of amides is 1. The third kappa shape index (κ3) is 3.42. The number of aromatic nitrogens is 3. The summed E-state index contributed by atoms with van der Waals surface area (Å²) in [5, 5.41) is 6.25. The minimum absolute atomic E-state index is 0.128. The average Bonchev–Trinajstić information content (AvgIpc) is 3.08. The quantitative estimate of drug-likeness (QED) is 0.721. The van der Waals surface area contributed by atoms with Crippen LogP contribution < -0.4 is 5.32 Å². The van der Waals surface area contributed by atoms with Crippen LogP contribution in [0, 0.1) is 5.92 Å². The summed E-state index contributed by atoms with van der Waals surface area (Å²) in [4.78, 5) is 16.3. The van der Waals surface area contributed by atoms with Gasteiger partial charge in [0.2, 0.25) is 5.91 Å². The highest BCUT2D eigenvalue weighted by Crippen LogP contribution is 2.47. The molecule has 1 amide bonds. The second-order valence-electron chi connectivity index (χ2n) is 7.90. The maximum Gasteiger partial charge on any atom is 0.443 e. The summed E-state index contributed by atoms with van der Waals surface area (Å²) < 4.78 is 54.1. The van der Waals surface area contributed by atoms with Gasteiger partial charge in [-0.15, -0.1) is 11.3 Å². The van der Waals surface area contributed by atoms with Gasteiger partial charge in [-0.2, -0.15) is 18.3 Å². The molecule has 1 N–H and O–H groups in total. The van der Waals surface area contributed by atoms with E-state index >= 15 is 0 Å². The molecule has 0 aliphatic heterocycles. The van der Waals surface area contributed by atoms with E-state index < -0.39 is 22.8 Å². The first-order chi connectivity index (χ1) is 13.0. The van der Waals surface area contributed by atoms with Crippen LogP contribution in [0.25, 0.3) is 10.6 Å². The van der Waals surface area contributed by atoms with Gasteiger partial charge in [-0.3, -0.25) is 9.48 Å². The predicted octanol–water partition coefficient (Wildman–Crippen LogP) is 4.91. The number of nitrogens with zero attached hydrogens (tertiary/aromatic N) is 3. The Labute approximate surface area is 163 Å². The number of carbonyl (C=O) groups is 1. The van der Waals surface area contributed by atoms with E-state index in [9.17, 15) is 22.4 Å². The summed E-state index contributed by atoms with van der Waals surface area (Å²) in [5.74, 6) is -0.208. The van der Waals surface area contributed by atoms with E-state index in [0.29, 0.717) is 27.7 Å². The topological polar surface area (TPSA) is 59.8 Å². The third-order valence-electron chi connectivity index (χ3n) is 5.54. The van der Waals surface area contributed by atoms with Crippen LogP contribution in [-0.4, -0.2) is 26.3 Å². The molecule has 0 saturated heterocycles. The van der Waals surface area contributed by atoms with Gasteiger partial charge in [-0.1, -0.05) is 6.42 Å². The van der Waals surface area contributed by atoms with E-state index in [4.69, 9.17) is 0 Å². The molecule has 2 heterocycles. The molecule has 4 rings (SSSR count). The molecule has 2 fully saturated rings. The molecule has 0 spiro atoms.